The Bertz CT molecular complexity index is 308. The van der Waals surface area contributed by atoms with Crippen LogP contribution in [0.4, 0.5) is 0 Å². The van der Waals surface area contributed by atoms with E-state index in [1.165, 1.54) is 5.56 Å². The lowest BCUT2D eigenvalue weighted by Gasteiger charge is -2.07. The molecule has 16 heavy (non-hydrogen) atoms. The largest absolute Gasteiger partial charge is 0.508 e. The second-order valence-electron chi connectivity index (χ2n) is 4.25. The molecule has 0 aliphatic carbocycles. The molecule has 0 heterocycles. The number of rotatable bonds is 7. The smallest absolute Gasteiger partial charge is 0.118 e. The minimum absolute atomic E-state index is 0.265. The van der Waals surface area contributed by atoms with Crippen molar-refractivity contribution in [3.8, 4) is 5.75 Å². The predicted molar refractivity (Wildman–Crippen MR) is 66.7 cm³/mol. The Morgan fingerprint density at radius 3 is 2.56 bits per heavy atom. The first kappa shape index (κ1) is 13.0. The fraction of sp³-hybridized carbons (Fsp3) is 0.571. The van der Waals surface area contributed by atoms with E-state index in [0.29, 0.717) is 5.75 Å². The van der Waals surface area contributed by atoms with Gasteiger partial charge in [0.25, 0.3) is 0 Å². The van der Waals surface area contributed by atoms with Crippen LogP contribution in [0.1, 0.15) is 43.7 Å². The summed E-state index contributed by atoms with van der Waals surface area (Å²) in [6.45, 7) is 2.42. The highest BCUT2D eigenvalue weighted by atomic mass is 16.3. The molecule has 0 amide bonds. The van der Waals surface area contributed by atoms with Gasteiger partial charge in [0.1, 0.15) is 5.75 Å². The monoisotopic (exact) mass is 222 g/mol. The van der Waals surface area contributed by atoms with Crippen molar-refractivity contribution in [1.29, 1.82) is 0 Å². The number of aliphatic hydroxyl groups is 1. The average Bonchev–Trinajstić information content (AvgIpc) is 2.30. The molecule has 0 bridgehead atoms. The van der Waals surface area contributed by atoms with Gasteiger partial charge in [0, 0.05) is 6.61 Å². The van der Waals surface area contributed by atoms with Gasteiger partial charge in [-0.1, -0.05) is 25.5 Å². The van der Waals surface area contributed by atoms with Gasteiger partial charge in [-0.05, 0) is 49.3 Å². The normalized spacial score (nSPS) is 10.6. The molecule has 2 N–H and O–H groups in total. The molecule has 0 aromatic heterocycles. The van der Waals surface area contributed by atoms with Crippen molar-refractivity contribution in [2.45, 2.75) is 45.4 Å². The lowest BCUT2D eigenvalue weighted by molar-refractivity contribution is 0.284. The summed E-state index contributed by atoms with van der Waals surface area (Å²) < 4.78 is 0. The molecule has 0 saturated heterocycles. The van der Waals surface area contributed by atoms with E-state index in [4.69, 9.17) is 5.11 Å². The Balaban J connectivity index is 2.58. The molecule has 1 aromatic rings. The van der Waals surface area contributed by atoms with Gasteiger partial charge in [0.15, 0.2) is 0 Å². The second kappa shape index (κ2) is 7.29. The molecule has 90 valence electrons. The van der Waals surface area contributed by atoms with Crippen LogP contribution in [0.3, 0.4) is 0 Å². The number of aromatic hydroxyl groups is 1. The third-order valence-electron chi connectivity index (χ3n) is 2.82. The molecule has 0 aliphatic rings. The number of aryl methyl sites for hydroxylation is 2. The van der Waals surface area contributed by atoms with Crippen molar-refractivity contribution in [2.24, 2.45) is 0 Å². The lowest BCUT2D eigenvalue weighted by atomic mass is 10.0. The molecular formula is C14H22O2. The zero-order valence-corrected chi connectivity index (χ0v) is 10.1. The third kappa shape index (κ3) is 4.23. The number of unbranched alkanes of at least 4 members (excludes halogenated alkanes) is 2. The first-order valence-corrected chi connectivity index (χ1v) is 6.19. The van der Waals surface area contributed by atoms with Crippen molar-refractivity contribution < 1.29 is 10.2 Å². The summed E-state index contributed by atoms with van der Waals surface area (Å²) >= 11 is 0. The topological polar surface area (TPSA) is 40.5 Å². The minimum Gasteiger partial charge on any atom is -0.508 e. The maximum Gasteiger partial charge on any atom is 0.118 e. The zero-order valence-electron chi connectivity index (χ0n) is 10.1. The van der Waals surface area contributed by atoms with Crippen LogP contribution in [-0.4, -0.2) is 16.8 Å². The van der Waals surface area contributed by atoms with E-state index in [-0.39, 0.29) is 6.61 Å². The summed E-state index contributed by atoms with van der Waals surface area (Å²) in [5.41, 5.74) is 2.32. The van der Waals surface area contributed by atoms with E-state index in [1.807, 2.05) is 6.07 Å². The molecule has 2 nitrogen and oxygen atoms in total. The molecule has 0 radical (unpaired) electrons. The predicted octanol–water partition coefficient (Wildman–Crippen LogP) is 3.05. The summed E-state index contributed by atoms with van der Waals surface area (Å²) in [5.74, 6) is 0.416. The van der Waals surface area contributed by atoms with Crippen LogP contribution in [0.2, 0.25) is 0 Å². The summed E-state index contributed by atoms with van der Waals surface area (Å²) in [4.78, 5) is 0. The SMILES string of the molecule is CCCCc1cc(CCCCO)ccc1O. The van der Waals surface area contributed by atoms with Crippen LogP contribution in [0, 0.1) is 0 Å². The Morgan fingerprint density at radius 1 is 1.06 bits per heavy atom. The first-order valence-electron chi connectivity index (χ1n) is 6.19. The van der Waals surface area contributed by atoms with Crippen molar-refractivity contribution in [2.75, 3.05) is 6.61 Å². The Labute approximate surface area is 97.9 Å². The van der Waals surface area contributed by atoms with Crippen LogP contribution < -0.4 is 0 Å². The first-order chi connectivity index (χ1) is 7.77. The molecule has 0 fully saturated rings. The highest BCUT2D eigenvalue weighted by Crippen LogP contribution is 2.21. The lowest BCUT2D eigenvalue weighted by Crippen LogP contribution is -1.92. The van der Waals surface area contributed by atoms with Gasteiger partial charge in [-0.25, -0.2) is 0 Å². The van der Waals surface area contributed by atoms with E-state index in [2.05, 4.69) is 13.0 Å². The highest BCUT2D eigenvalue weighted by molar-refractivity contribution is 5.36. The molecule has 2 heteroatoms. The van der Waals surface area contributed by atoms with Crippen molar-refractivity contribution in [1.82, 2.24) is 0 Å². The van der Waals surface area contributed by atoms with E-state index in [0.717, 1.165) is 44.1 Å². The van der Waals surface area contributed by atoms with Crippen molar-refractivity contribution in [3.05, 3.63) is 29.3 Å². The molecule has 1 rings (SSSR count). The summed E-state index contributed by atoms with van der Waals surface area (Å²) in [6.07, 6.45) is 6.07. The molecule has 0 unspecified atom stereocenters. The van der Waals surface area contributed by atoms with E-state index < -0.39 is 0 Å². The fourth-order valence-corrected chi connectivity index (χ4v) is 1.80. The van der Waals surface area contributed by atoms with Crippen LogP contribution in [0.25, 0.3) is 0 Å². The zero-order chi connectivity index (χ0) is 11.8. The summed E-state index contributed by atoms with van der Waals surface area (Å²) in [5, 5.41) is 18.4. The maximum atomic E-state index is 9.69. The van der Waals surface area contributed by atoms with Gasteiger partial charge in [0.2, 0.25) is 0 Å². The minimum atomic E-state index is 0.265. The van der Waals surface area contributed by atoms with Gasteiger partial charge in [-0.3, -0.25) is 0 Å². The van der Waals surface area contributed by atoms with Gasteiger partial charge in [-0.2, -0.15) is 0 Å². The third-order valence-corrected chi connectivity index (χ3v) is 2.82. The number of hydrogen-bond donors (Lipinski definition) is 2. The number of aliphatic hydroxyl groups excluding tert-OH is 1. The number of phenols is 1. The van der Waals surface area contributed by atoms with Crippen molar-refractivity contribution in [3.63, 3.8) is 0 Å². The molecule has 0 spiro atoms. The maximum absolute atomic E-state index is 9.69. The van der Waals surface area contributed by atoms with Crippen LogP contribution >= 0.6 is 0 Å². The highest BCUT2D eigenvalue weighted by Gasteiger charge is 2.02. The van der Waals surface area contributed by atoms with Crippen molar-refractivity contribution >= 4 is 0 Å². The van der Waals surface area contributed by atoms with Gasteiger partial charge < -0.3 is 10.2 Å². The van der Waals surface area contributed by atoms with Gasteiger partial charge in [0.05, 0.1) is 0 Å². The van der Waals surface area contributed by atoms with Gasteiger partial charge >= 0.3 is 0 Å². The number of phenolic OH excluding ortho intramolecular Hbond substituents is 1. The average molecular weight is 222 g/mol. The molecule has 0 aliphatic heterocycles. The number of benzene rings is 1. The second-order valence-corrected chi connectivity index (χ2v) is 4.25. The Morgan fingerprint density at radius 2 is 1.88 bits per heavy atom. The van der Waals surface area contributed by atoms with Crippen LogP contribution in [0.5, 0.6) is 5.75 Å². The summed E-state index contributed by atoms with van der Waals surface area (Å²) in [6, 6.07) is 5.86. The van der Waals surface area contributed by atoms with Gasteiger partial charge in [-0.15, -0.1) is 0 Å². The Hall–Kier alpha value is -1.02. The molecule has 1 aromatic carbocycles. The molecular weight excluding hydrogens is 200 g/mol. The summed E-state index contributed by atoms with van der Waals surface area (Å²) in [7, 11) is 0. The fourth-order valence-electron chi connectivity index (χ4n) is 1.80. The van der Waals surface area contributed by atoms with E-state index in [1.54, 1.807) is 6.07 Å². The number of hydrogen-bond acceptors (Lipinski definition) is 2. The molecule has 0 atom stereocenters. The van der Waals surface area contributed by atoms with E-state index in [9.17, 15) is 5.11 Å². The standard InChI is InChI=1S/C14H22O2/c1-2-3-7-13-11-12(6-4-5-10-15)8-9-14(13)16/h8-9,11,15-16H,2-7,10H2,1H3. The Kier molecular flexibility index (Phi) is 5.94. The van der Waals surface area contributed by atoms with Crippen LogP contribution in [0.15, 0.2) is 18.2 Å². The molecule has 0 saturated carbocycles. The quantitative estimate of drug-likeness (QED) is 0.696. The van der Waals surface area contributed by atoms with Crippen LogP contribution in [-0.2, 0) is 12.8 Å². The van der Waals surface area contributed by atoms with E-state index >= 15 is 0 Å².